The molecule has 0 bridgehead atoms. The summed E-state index contributed by atoms with van der Waals surface area (Å²) in [5, 5.41) is 3.44. The van der Waals surface area contributed by atoms with E-state index in [0.717, 1.165) is 31.1 Å². The highest BCUT2D eigenvalue weighted by Gasteiger charge is 2.27. The van der Waals surface area contributed by atoms with E-state index in [1.165, 1.54) is 6.54 Å². The second-order valence-electron chi connectivity index (χ2n) is 7.16. The van der Waals surface area contributed by atoms with Crippen LogP contribution in [0.5, 0.6) is 0 Å². The van der Waals surface area contributed by atoms with Crippen LogP contribution in [0.1, 0.15) is 13.8 Å². The predicted octanol–water partition coefficient (Wildman–Crippen LogP) is -0.267. The summed E-state index contributed by atoms with van der Waals surface area (Å²) >= 11 is 6.07. The molecule has 1 aromatic carbocycles. The van der Waals surface area contributed by atoms with Crippen molar-refractivity contribution in [3.05, 3.63) is 29.3 Å². The monoisotopic (exact) mass is 355 g/mol. The van der Waals surface area contributed by atoms with Crippen LogP contribution in [0.2, 0.25) is 5.02 Å². The lowest BCUT2D eigenvalue weighted by Crippen LogP contribution is -3.18. The van der Waals surface area contributed by atoms with Crippen LogP contribution in [-0.2, 0) is 9.53 Å². The number of para-hydroxylation sites is 1. The summed E-state index contributed by atoms with van der Waals surface area (Å²) < 4.78 is 5.88. The lowest BCUT2D eigenvalue weighted by molar-refractivity contribution is -0.926. The van der Waals surface area contributed by atoms with E-state index < -0.39 is 0 Å². The first kappa shape index (κ1) is 19.2. The average molecular weight is 356 g/mol. The van der Waals surface area contributed by atoms with Gasteiger partial charge in [-0.15, -0.1) is 0 Å². The third-order valence-corrected chi connectivity index (χ3v) is 4.54. The second kappa shape index (κ2) is 9.37. The van der Waals surface area contributed by atoms with Gasteiger partial charge in [-0.05, 0) is 12.1 Å². The van der Waals surface area contributed by atoms with E-state index in [4.69, 9.17) is 16.3 Å². The molecule has 134 valence electrons. The molecule has 0 saturated carbocycles. The van der Waals surface area contributed by atoms with Crippen LogP contribution in [0, 0.1) is 5.92 Å². The van der Waals surface area contributed by atoms with E-state index in [0.29, 0.717) is 23.2 Å². The van der Waals surface area contributed by atoms with Gasteiger partial charge in [-0.25, -0.2) is 0 Å². The molecule has 6 heteroatoms. The zero-order valence-corrected chi connectivity index (χ0v) is 15.7. The topological polar surface area (TPSA) is 47.2 Å². The zero-order valence-electron chi connectivity index (χ0n) is 14.9. The van der Waals surface area contributed by atoms with Gasteiger partial charge in [0.05, 0.1) is 30.9 Å². The van der Waals surface area contributed by atoms with Crippen molar-refractivity contribution in [2.24, 2.45) is 5.92 Å². The van der Waals surface area contributed by atoms with Crippen molar-refractivity contribution in [2.75, 3.05) is 51.7 Å². The number of amides is 1. The average Bonchev–Trinajstić information content (AvgIpc) is 2.49. The van der Waals surface area contributed by atoms with Crippen molar-refractivity contribution in [3.63, 3.8) is 0 Å². The fraction of sp³-hybridized carbons (Fsp3) is 0.611. The molecule has 0 spiro atoms. The molecule has 1 aromatic rings. The van der Waals surface area contributed by atoms with Gasteiger partial charge in [0.25, 0.3) is 5.91 Å². The standard InChI is InChI=1S/C18H28ClN3O2/c1-14(2)10-22-8-9-24-15(12-22)11-21(3)13-18(23)20-17-7-5-4-6-16(17)19/h4-7,14-15H,8-13H2,1-3H3,(H,20,23)/p+2/t15-/m1/s1. The minimum Gasteiger partial charge on any atom is -0.361 e. The summed E-state index contributed by atoms with van der Waals surface area (Å²) in [4.78, 5) is 14.9. The van der Waals surface area contributed by atoms with E-state index in [1.54, 1.807) is 11.0 Å². The molecule has 1 aliphatic rings. The maximum atomic E-state index is 12.2. The number of carbonyl (C=O) groups excluding carboxylic acids is 1. The Bertz CT molecular complexity index is 539. The fourth-order valence-electron chi connectivity index (χ4n) is 3.24. The van der Waals surface area contributed by atoms with Gasteiger partial charge in [-0.2, -0.15) is 0 Å². The highest BCUT2D eigenvalue weighted by Crippen LogP contribution is 2.19. The van der Waals surface area contributed by atoms with E-state index in [9.17, 15) is 4.79 Å². The van der Waals surface area contributed by atoms with Crippen molar-refractivity contribution >= 4 is 23.2 Å². The molecule has 5 nitrogen and oxygen atoms in total. The molecular weight excluding hydrogens is 326 g/mol. The Hall–Kier alpha value is -1.14. The predicted molar refractivity (Wildman–Crippen MR) is 96.8 cm³/mol. The SMILES string of the molecule is CC(C)C[NH+]1CCO[C@H](C[NH+](C)CC(=O)Nc2ccccc2Cl)C1. The van der Waals surface area contributed by atoms with Gasteiger partial charge < -0.3 is 19.9 Å². The van der Waals surface area contributed by atoms with Crippen molar-refractivity contribution < 1.29 is 19.3 Å². The number of rotatable bonds is 7. The Morgan fingerprint density at radius 3 is 2.92 bits per heavy atom. The number of quaternary nitrogens is 2. The van der Waals surface area contributed by atoms with Crippen LogP contribution in [0.4, 0.5) is 5.69 Å². The maximum Gasteiger partial charge on any atom is 0.279 e. The van der Waals surface area contributed by atoms with Crippen LogP contribution in [0.3, 0.4) is 0 Å². The molecular formula is C18H30ClN3O2+2. The number of nitrogens with one attached hydrogen (secondary N) is 3. The molecule has 24 heavy (non-hydrogen) atoms. The first-order chi connectivity index (χ1) is 11.4. The van der Waals surface area contributed by atoms with Crippen LogP contribution < -0.4 is 15.1 Å². The third-order valence-electron chi connectivity index (χ3n) is 4.21. The molecule has 1 fully saturated rings. The molecule has 0 aromatic heterocycles. The Morgan fingerprint density at radius 1 is 1.46 bits per heavy atom. The maximum absolute atomic E-state index is 12.2. The summed E-state index contributed by atoms with van der Waals surface area (Å²) in [6.45, 7) is 9.88. The van der Waals surface area contributed by atoms with E-state index >= 15 is 0 Å². The number of halogens is 1. The molecule has 1 amide bonds. The summed E-state index contributed by atoms with van der Waals surface area (Å²) in [6, 6.07) is 7.30. The van der Waals surface area contributed by atoms with Gasteiger partial charge >= 0.3 is 0 Å². The normalized spacial score (nSPS) is 22.4. The van der Waals surface area contributed by atoms with E-state index in [2.05, 4.69) is 19.2 Å². The van der Waals surface area contributed by atoms with Gasteiger partial charge in [-0.1, -0.05) is 37.6 Å². The highest BCUT2D eigenvalue weighted by molar-refractivity contribution is 6.33. The van der Waals surface area contributed by atoms with Crippen LogP contribution in [0.15, 0.2) is 24.3 Å². The molecule has 0 radical (unpaired) electrons. The zero-order chi connectivity index (χ0) is 17.5. The molecule has 1 aliphatic heterocycles. The lowest BCUT2D eigenvalue weighted by Gasteiger charge is -2.31. The van der Waals surface area contributed by atoms with E-state index in [1.807, 2.05) is 25.2 Å². The summed E-state index contributed by atoms with van der Waals surface area (Å²) in [6.07, 6.45) is 0.223. The Kier molecular flexibility index (Phi) is 7.49. The summed E-state index contributed by atoms with van der Waals surface area (Å²) in [5.41, 5.74) is 0.665. The molecule has 1 heterocycles. The summed E-state index contributed by atoms with van der Waals surface area (Å²) in [5.74, 6) is 0.674. The van der Waals surface area contributed by atoms with Crippen molar-refractivity contribution in [1.82, 2.24) is 0 Å². The number of hydrogen-bond acceptors (Lipinski definition) is 2. The van der Waals surface area contributed by atoms with Gasteiger partial charge in [-0.3, -0.25) is 4.79 Å². The first-order valence-corrected chi connectivity index (χ1v) is 9.12. The number of hydrogen-bond donors (Lipinski definition) is 3. The van der Waals surface area contributed by atoms with E-state index in [-0.39, 0.29) is 12.0 Å². The quantitative estimate of drug-likeness (QED) is 0.631. The van der Waals surface area contributed by atoms with Crippen molar-refractivity contribution in [3.8, 4) is 0 Å². The van der Waals surface area contributed by atoms with Gasteiger partial charge in [0.2, 0.25) is 0 Å². The number of anilines is 1. The fourth-order valence-corrected chi connectivity index (χ4v) is 3.42. The number of ether oxygens (including phenoxy) is 1. The smallest absolute Gasteiger partial charge is 0.279 e. The van der Waals surface area contributed by atoms with Crippen LogP contribution >= 0.6 is 11.6 Å². The highest BCUT2D eigenvalue weighted by atomic mass is 35.5. The second-order valence-corrected chi connectivity index (χ2v) is 7.57. The Balaban J connectivity index is 1.77. The van der Waals surface area contributed by atoms with Crippen LogP contribution in [0.25, 0.3) is 0 Å². The molecule has 2 rings (SSSR count). The van der Waals surface area contributed by atoms with Crippen molar-refractivity contribution in [1.29, 1.82) is 0 Å². The molecule has 3 atom stereocenters. The Labute approximate surface area is 149 Å². The van der Waals surface area contributed by atoms with Gasteiger partial charge in [0, 0.05) is 5.92 Å². The van der Waals surface area contributed by atoms with Crippen molar-refractivity contribution in [2.45, 2.75) is 20.0 Å². The van der Waals surface area contributed by atoms with Crippen LogP contribution in [-0.4, -0.2) is 58.4 Å². The largest absolute Gasteiger partial charge is 0.361 e. The minimum atomic E-state index is -0.0252. The van der Waals surface area contributed by atoms with Gasteiger partial charge in [0.1, 0.15) is 19.6 Å². The molecule has 3 N–H and O–H groups in total. The molecule has 0 aliphatic carbocycles. The summed E-state index contributed by atoms with van der Waals surface area (Å²) in [7, 11) is 2.03. The number of carbonyl (C=O) groups is 1. The first-order valence-electron chi connectivity index (χ1n) is 8.75. The number of morpholine rings is 1. The number of likely N-dealkylation sites (N-methyl/N-ethyl adjacent to an activating group) is 1. The lowest BCUT2D eigenvalue weighted by atomic mass is 10.1. The third kappa shape index (κ3) is 6.40. The number of benzene rings is 1. The Morgan fingerprint density at radius 2 is 2.21 bits per heavy atom. The molecule has 1 saturated heterocycles. The van der Waals surface area contributed by atoms with Gasteiger partial charge in [0.15, 0.2) is 12.6 Å². The minimum absolute atomic E-state index is 0.0252. The molecule has 2 unspecified atom stereocenters.